The van der Waals surface area contributed by atoms with Crippen LogP contribution in [0.1, 0.15) is 50.3 Å². The number of piperidine rings is 1. The molecule has 114 valence electrons. The quantitative estimate of drug-likeness (QED) is 0.855. The number of likely N-dealkylation sites (tertiary alicyclic amines) is 1. The van der Waals surface area contributed by atoms with Crippen molar-refractivity contribution in [2.24, 2.45) is 5.16 Å². The molecule has 0 radical (unpaired) electrons. The summed E-state index contributed by atoms with van der Waals surface area (Å²) < 4.78 is 0. The Balaban J connectivity index is 1.54. The Hall–Kier alpha value is -1.36. The minimum absolute atomic E-state index is 0.166. The number of hydrogen-bond donors (Lipinski definition) is 0. The van der Waals surface area contributed by atoms with Crippen molar-refractivity contribution in [3.05, 3.63) is 22.4 Å². The van der Waals surface area contributed by atoms with Crippen LogP contribution in [-0.4, -0.2) is 35.2 Å². The van der Waals surface area contributed by atoms with Gasteiger partial charge in [-0.15, -0.1) is 11.3 Å². The fraction of sp³-hybridized carbons (Fsp3) is 0.625. The lowest BCUT2D eigenvalue weighted by Crippen LogP contribution is -2.46. The first-order valence-electron chi connectivity index (χ1n) is 7.79. The maximum Gasteiger partial charge on any atom is 0.222 e. The topological polar surface area (TPSA) is 41.9 Å². The van der Waals surface area contributed by atoms with E-state index in [1.54, 1.807) is 11.3 Å². The molecule has 0 bridgehead atoms. The number of rotatable bonds is 4. The first-order valence-corrected chi connectivity index (χ1v) is 8.67. The number of carbonyl (C=O) groups is 1. The second-order valence-electron chi connectivity index (χ2n) is 5.95. The van der Waals surface area contributed by atoms with Crippen molar-refractivity contribution in [3.63, 3.8) is 0 Å². The molecule has 1 spiro atoms. The Morgan fingerprint density at radius 1 is 1.48 bits per heavy atom. The van der Waals surface area contributed by atoms with Crippen LogP contribution in [0.2, 0.25) is 0 Å². The average molecular weight is 306 g/mol. The molecule has 3 heterocycles. The first-order chi connectivity index (χ1) is 10.2. The molecule has 0 atom stereocenters. The van der Waals surface area contributed by atoms with Crippen molar-refractivity contribution in [2.45, 2.75) is 51.0 Å². The third kappa shape index (κ3) is 3.12. The number of amides is 1. The summed E-state index contributed by atoms with van der Waals surface area (Å²) in [5, 5.41) is 6.37. The van der Waals surface area contributed by atoms with Gasteiger partial charge in [-0.3, -0.25) is 4.79 Å². The Morgan fingerprint density at radius 3 is 2.95 bits per heavy atom. The van der Waals surface area contributed by atoms with Gasteiger partial charge in [-0.2, -0.15) is 0 Å². The van der Waals surface area contributed by atoms with E-state index in [4.69, 9.17) is 4.84 Å². The molecule has 1 saturated heterocycles. The van der Waals surface area contributed by atoms with E-state index in [1.807, 2.05) is 11.0 Å². The van der Waals surface area contributed by atoms with Gasteiger partial charge in [-0.1, -0.05) is 24.6 Å². The molecule has 1 amide bonds. The number of oxime groups is 1. The van der Waals surface area contributed by atoms with E-state index in [2.05, 4.69) is 23.5 Å². The van der Waals surface area contributed by atoms with Crippen LogP contribution < -0.4 is 0 Å². The van der Waals surface area contributed by atoms with Gasteiger partial charge >= 0.3 is 0 Å². The molecule has 3 rings (SSSR count). The lowest BCUT2D eigenvalue weighted by molar-refractivity contribution is -0.137. The minimum atomic E-state index is -0.166. The van der Waals surface area contributed by atoms with Crippen LogP contribution in [0, 0.1) is 0 Å². The van der Waals surface area contributed by atoms with Crippen molar-refractivity contribution in [3.8, 4) is 0 Å². The Kier molecular flexibility index (Phi) is 4.29. The lowest BCUT2D eigenvalue weighted by atomic mass is 9.86. The normalized spacial score (nSPS) is 20.4. The summed E-state index contributed by atoms with van der Waals surface area (Å²) in [5.41, 5.74) is 0.900. The highest BCUT2D eigenvalue weighted by molar-refractivity contribution is 7.12. The number of carbonyl (C=O) groups excluding carboxylic acids is 1. The third-order valence-corrected chi connectivity index (χ3v) is 5.34. The monoisotopic (exact) mass is 306 g/mol. The fourth-order valence-electron chi connectivity index (χ4n) is 3.01. The summed E-state index contributed by atoms with van der Waals surface area (Å²) in [4.78, 5) is 21.0. The molecule has 0 saturated carbocycles. The first kappa shape index (κ1) is 14.6. The van der Waals surface area contributed by atoms with Gasteiger partial charge in [0.15, 0.2) is 0 Å². The van der Waals surface area contributed by atoms with E-state index < -0.39 is 0 Å². The molecular weight excluding hydrogens is 284 g/mol. The van der Waals surface area contributed by atoms with Crippen molar-refractivity contribution in [1.82, 2.24) is 4.90 Å². The standard InChI is InChI=1S/C16H22N2O2S/c1-2-3-6-15(19)18-9-7-16(8-10-18)12-13(17-20-16)14-5-4-11-21-14/h4-5,11H,2-3,6-10,12H2,1H3. The second-order valence-corrected chi connectivity index (χ2v) is 6.90. The van der Waals surface area contributed by atoms with Gasteiger partial charge in [0.1, 0.15) is 11.3 Å². The average Bonchev–Trinajstić information content (AvgIpc) is 3.15. The fourth-order valence-corrected chi connectivity index (χ4v) is 3.72. The number of hydrogen-bond acceptors (Lipinski definition) is 4. The van der Waals surface area contributed by atoms with E-state index in [0.29, 0.717) is 12.3 Å². The molecule has 2 aliphatic heterocycles. The maximum atomic E-state index is 12.1. The Bertz CT molecular complexity index is 516. The lowest BCUT2D eigenvalue weighted by Gasteiger charge is -2.37. The van der Waals surface area contributed by atoms with E-state index in [-0.39, 0.29) is 5.60 Å². The van der Waals surface area contributed by atoms with Gasteiger partial charge in [0.05, 0.1) is 4.88 Å². The van der Waals surface area contributed by atoms with Crippen LogP contribution >= 0.6 is 11.3 Å². The van der Waals surface area contributed by atoms with Crippen LogP contribution in [0.5, 0.6) is 0 Å². The summed E-state index contributed by atoms with van der Waals surface area (Å²) in [6.07, 6.45) is 5.41. The van der Waals surface area contributed by atoms with Crippen LogP contribution in [0.4, 0.5) is 0 Å². The van der Waals surface area contributed by atoms with Crippen molar-refractivity contribution >= 4 is 23.0 Å². The van der Waals surface area contributed by atoms with Crippen molar-refractivity contribution < 1.29 is 9.63 Å². The van der Waals surface area contributed by atoms with Gasteiger partial charge < -0.3 is 9.74 Å². The summed E-state index contributed by atoms with van der Waals surface area (Å²) in [7, 11) is 0. The summed E-state index contributed by atoms with van der Waals surface area (Å²) >= 11 is 1.71. The van der Waals surface area contributed by atoms with E-state index >= 15 is 0 Å². The molecular formula is C16H22N2O2S. The van der Waals surface area contributed by atoms with Gasteiger partial charge in [0.2, 0.25) is 5.91 Å². The number of unbranched alkanes of at least 4 members (excludes halogenated alkanes) is 1. The van der Waals surface area contributed by atoms with Gasteiger partial charge in [0.25, 0.3) is 0 Å². The summed E-state index contributed by atoms with van der Waals surface area (Å²) in [6.45, 7) is 3.72. The van der Waals surface area contributed by atoms with Gasteiger partial charge in [0, 0.05) is 38.8 Å². The smallest absolute Gasteiger partial charge is 0.222 e. The van der Waals surface area contributed by atoms with Crippen LogP contribution in [0.3, 0.4) is 0 Å². The van der Waals surface area contributed by atoms with Crippen molar-refractivity contribution in [1.29, 1.82) is 0 Å². The highest BCUT2D eigenvalue weighted by Crippen LogP contribution is 2.36. The van der Waals surface area contributed by atoms with Gasteiger partial charge in [-0.25, -0.2) is 0 Å². The Labute approximate surface area is 129 Å². The molecule has 1 aromatic rings. The maximum absolute atomic E-state index is 12.1. The molecule has 0 aliphatic carbocycles. The molecule has 0 aromatic carbocycles. The third-order valence-electron chi connectivity index (χ3n) is 4.42. The zero-order chi connectivity index (χ0) is 14.7. The highest BCUT2D eigenvalue weighted by atomic mass is 32.1. The molecule has 0 N–H and O–H groups in total. The largest absolute Gasteiger partial charge is 0.388 e. The Morgan fingerprint density at radius 2 is 2.29 bits per heavy atom. The molecule has 0 unspecified atom stereocenters. The second kappa shape index (κ2) is 6.18. The molecule has 4 nitrogen and oxygen atoms in total. The molecule has 1 fully saturated rings. The SMILES string of the molecule is CCCCC(=O)N1CCC2(CC1)CC(c1cccs1)=NO2. The molecule has 5 heteroatoms. The van der Waals surface area contributed by atoms with E-state index in [0.717, 1.165) is 50.9 Å². The minimum Gasteiger partial charge on any atom is -0.388 e. The zero-order valence-corrected chi connectivity index (χ0v) is 13.3. The zero-order valence-electron chi connectivity index (χ0n) is 12.5. The van der Waals surface area contributed by atoms with Crippen LogP contribution in [0.15, 0.2) is 22.7 Å². The molecule has 2 aliphatic rings. The summed E-state index contributed by atoms with van der Waals surface area (Å²) in [6, 6.07) is 4.14. The highest BCUT2D eigenvalue weighted by Gasteiger charge is 2.43. The van der Waals surface area contributed by atoms with Crippen molar-refractivity contribution in [2.75, 3.05) is 13.1 Å². The van der Waals surface area contributed by atoms with Crippen LogP contribution in [0.25, 0.3) is 0 Å². The summed E-state index contributed by atoms with van der Waals surface area (Å²) in [5.74, 6) is 0.295. The van der Waals surface area contributed by atoms with Gasteiger partial charge in [-0.05, 0) is 17.9 Å². The van der Waals surface area contributed by atoms with Crippen LogP contribution in [-0.2, 0) is 9.63 Å². The molecule has 21 heavy (non-hydrogen) atoms. The predicted octanol–water partition coefficient (Wildman–Crippen LogP) is 3.42. The van der Waals surface area contributed by atoms with E-state index in [9.17, 15) is 4.79 Å². The van der Waals surface area contributed by atoms with E-state index in [1.165, 1.54) is 4.88 Å². The predicted molar refractivity (Wildman–Crippen MR) is 84.6 cm³/mol. The number of nitrogens with zero attached hydrogens (tertiary/aromatic N) is 2. The molecule has 1 aromatic heterocycles. The number of thiophene rings is 1.